The van der Waals surface area contributed by atoms with Crippen LogP contribution in [0.3, 0.4) is 0 Å². The first-order valence-corrected chi connectivity index (χ1v) is 6.33. The Kier molecular flexibility index (Phi) is 5.03. The highest BCUT2D eigenvalue weighted by Crippen LogP contribution is 2.12. The topological polar surface area (TPSA) is 79.3 Å². The summed E-state index contributed by atoms with van der Waals surface area (Å²) >= 11 is 0. The lowest BCUT2D eigenvalue weighted by molar-refractivity contribution is -0.137. The maximum absolute atomic E-state index is 12.1. The zero-order valence-electron chi connectivity index (χ0n) is 11.6. The van der Waals surface area contributed by atoms with Crippen molar-refractivity contribution in [1.29, 1.82) is 0 Å². The Morgan fingerprint density at radius 1 is 1.42 bits per heavy atom. The van der Waals surface area contributed by atoms with E-state index < -0.39 is 11.5 Å². The van der Waals surface area contributed by atoms with Gasteiger partial charge >= 0.3 is 5.97 Å². The van der Waals surface area contributed by atoms with E-state index in [1.807, 2.05) is 13.0 Å². The zero-order valence-corrected chi connectivity index (χ0v) is 11.6. The first-order valence-electron chi connectivity index (χ1n) is 6.33. The van der Waals surface area contributed by atoms with Gasteiger partial charge in [0.15, 0.2) is 0 Å². The summed E-state index contributed by atoms with van der Waals surface area (Å²) in [7, 11) is 0. The molecule has 1 rings (SSSR count). The molecule has 0 radical (unpaired) electrons. The number of aliphatic carboxylic acids is 1. The predicted octanol–water partition coefficient (Wildman–Crippen LogP) is 2.02. The largest absolute Gasteiger partial charge is 0.481 e. The van der Waals surface area contributed by atoms with Gasteiger partial charge in [0.2, 0.25) is 0 Å². The minimum atomic E-state index is -0.867. The quantitative estimate of drug-likeness (QED) is 0.823. The van der Waals surface area contributed by atoms with Gasteiger partial charge in [-0.2, -0.15) is 0 Å². The summed E-state index contributed by atoms with van der Waals surface area (Å²) in [6.07, 6.45) is 2.85. The Balaban J connectivity index is 2.69. The fourth-order valence-electron chi connectivity index (χ4n) is 1.67. The van der Waals surface area contributed by atoms with Gasteiger partial charge in [-0.15, -0.1) is 0 Å². The summed E-state index contributed by atoms with van der Waals surface area (Å²) in [6.45, 7) is 5.61. The van der Waals surface area contributed by atoms with E-state index in [1.165, 1.54) is 0 Å². The number of rotatable bonds is 6. The summed E-state index contributed by atoms with van der Waals surface area (Å²) in [6, 6.07) is 3.62. The number of nitrogens with zero attached hydrogens (tertiary/aromatic N) is 1. The number of aromatic nitrogens is 1. The number of nitrogens with one attached hydrogen (secondary N) is 1. The number of pyridine rings is 1. The van der Waals surface area contributed by atoms with Crippen LogP contribution in [0.4, 0.5) is 0 Å². The number of aryl methyl sites for hydroxylation is 1. The Hall–Kier alpha value is -1.91. The third kappa shape index (κ3) is 5.07. The minimum Gasteiger partial charge on any atom is -0.481 e. The monoisotopic (exact) mass is 264 g/mol. The highest BCUT2D eigenvalue weighted by atomic mass is 16.4. The van der Waals surface area contributed by atoms with Gasteiger partial charge in [0.1, 0.15) is 5.69 Å². The van der Waals surface area contributed by atoms with E-state index in [4.69, 9.17) is 5.11 Å². The molecule has 2 N–H and O–H groups in total. The van der Waals surface area contributed by atoms with Crippen LogP contribution < -0.4 is 5.32 Å². The highest BCUT2D eigenvalue weighted by Gasteiger charge is 2.22. The van der Waals surface area contributed by atoms with Gasteiger partial charge in [-0.3, -0.25) is 14.6 Å². The highest BCUT2D eigenvalue weighted by molar-refractivity contribution is 5.92. The number of carbonyl (C=O) groups is 2. The van der Waals surface area contributed by atoms with Crippen LogP contribution in [0.2, 0.25) is 0 Å². The third-order valence-corrected chi connectivity index (χ3v) is 2.88. The number of hydrogen-bond donors (Lipinski definition) is 2. The van der Waals surface area contributed by atoms with Crippen molar-refractivity contribution in [3.8, 4) is 0 Å². The maximum atomic E-state index is 12.1. The molecule has 104 valence electrons. The molecule has 1 aromatic heterocycles. The molecular formula is C14H20N2O3. The van der Waals surface area contributed by atoms with Gasteiger partial charge in [0.05, 0.1) is 0 Å². The molecule has 0 atom stereocenters. The minimum absolute atomic E-state index is 0.0235. The fourth-order valence-corrected chi connectivity index (χ4v) is 1.67. The zero-order chi connectivity index (χ0) is 14.5. The molecule has 0 aliphatic heterocycles. The summed E-state index contributed by atoms with van der Waals surface area (Å²) in [5.41, 5.74) is 0.838. The van der Waals surface area contributed by atoms with E-state index in [0.29, 0.717) is 12.1 Å². The Bertz CT molecular complexity index is 470. The van der Waals surface area contributed by atoms with Gasteiger partial charge in [-0.05, 0) is 44.4 Å². The molecule has 1 amide bonds. The van der Waals surface area contributed by atoms with E-state index in [2.05, 4.69) is 10.3 Å². The molecule has 5 heteroatoms. The van der Waals surface area contributed by atoms with Crippen molar-refractivity contribution in [3.05, 3.63) is 29.6 Å². The second kappa shape index (κ2) is 6.31. The number of carbonyl (C=O) groups excluding carboxylic acids is 1. The van der Waals surface area contributed by atoms with Gasteiger partial charge in [0, 0.05) is 18.2 Å². The molecule has 0 bridgehead atoms. The average Bonchev–Trinajstić information content (AvgIpc) is 2.36. The van der Waals surface area contributed by atoms with E-state index in [0.717, 1.165) is 12.0 Å². The van der Waals surface area contributed by atoms with Crippen molar-refractivity contribution in [2.24, 2.45) is 0 Å². The van der Waals surface area contributed by atoms with Gasteiger partial charge in [-0.1, -0.05) is 6.92 Å². The van der Waals surface area contributed by atoms with Crippen LogP contribution in [0.15, 0.2) is 18.3 Å². The smallest absolute Gasteiger partial charge is 0.303 e. The molecule has 0 aliphatic carbocycles. The molecule has 0 fully saturated rings. The summed E-state index contributed by atoms with van der Waals surface area (Å²) in [5, 5.41) is 11.5. The maximum Gasteiger partial charge on any atom is 0.303 e. The van der Waals surface area contributed by atoms with E-state index in [9.17, 15) is 9.59 Å². The van der Waals surface area contributed by atoms with E-state index >= 15 is 0 Å². The molecule has 0 saturated carbocycles. The van der Waals surface area contributed by atoms with Gasteiger partial charge in [-0.25, -0.2) is 0 Å². The van der Waals surface area contributed by atoms with Crippen molar-refractivity contribution in [3.63, 3.8) is 0 Å². The Morgan fingerprint density at radius 3 is 2.68 bits per heavy atom. The average molecular weight is 264 g/mol. The Morgan fingerprint density at radius 2 is 2.11 bits per heavy atom. The van der Waals surface area contributed by atoms with Crippen molar-refractivity contribution >= 4 is 11.9 Å². The number of carboxylic acids is 1. The molecule has 19 heavy (non-hydrogen) atoms. The summed E-state index contributed by atoms with van der Waals surface area (Å²) in [4.78, 5) is 26.7. The molecule has 0 saturated heterocycles. The predicted molar refractivity (Wildman–Crippen MR) is 72.0 cm³/mol. The summed E-state index contributed by atoms with van der Waals surface area (Å²) in [5.74, 6) is -1.14. The molecular weight excluding hydrogens is 244 g/mol. The SMILES string of the molecule is CCc1ccnc(C(=O)NC(C)(C)CCC(=O)O)c1. The molecule has 1 aromatic rings. The molecule has 0 spiro atoms. The first kappa shape index (κ1) is 15.1. The normalized spacial score (nSPS) is 11.1. The number of amides is 1. The van der Waals surface area contributed by atoms with E-state index in [1.54, 1.807) is 26.1 Å². The van der Waals surface area contributed by atoms with Crippen LogP contribution in [-0.4, -0.2) is 27.5 Å². The van der Waals surface area contributed by atoms with Gasteiger partial charge < -0.3 is 10.4 Å². The van der Waals surface area contributed by atoms with Crippen LogP contribution in [0, 0.1) is 0 Å². The lowest BCUT2D eigenvalue weighted by atomic mass is 9.98. The summed E-state index contributed by atoms with van der Waals surface area (Å²) < 4.78 is 0. The second-order valence-corrected chi connectivity index (χ2v) is 5.13. The molecule has 0 aliphatic rings. The number of carboxylic acid groups (broad SMARTS) is 1. The van der Waals surface area contributed by atoms with Crippen LogP contribution in [-0.2, 0) is 11.2 Å². The van der Waals surface area contributed by atoms with E-state index in [-0.39, 0.29) is 12.3 Å². The third-order valence-electron chi connectivity index (χ3n) is 2.88. The first-order chi connectivity index (χ1) is 8.84. The van der Waals surface area contributed by atoms with Crippen molar-refractivity contribution in [1.82, 2.24) is 10.3 Å². The Labute approximate surface area is 113 Å². The fraction of sp³-hybridized carbons (Fsp3) is 0.500. The molecule has 0 aromatic carbocycles. The molecule has 1 heterocycles. The van der Waals surface area contributed by atoms with Crippen LogP contribution in [0.1, 0.15) is 49.7 Å². The molecule has 0 unspecified atom stereocenters. The van der Waals surface area contributed by atoms with Crippen LogP contribution in [0.5, 0.6) is 0 Å². The standard InChI is InChI=1S/C14H20N2O3/c1-4-10-6-8-15-11(9-10)13(19)16-14(2,3)7-5-12(17)18/h6,8-9H,4-5,7H2,1-3H3,(H,16,19)(H,17,18). The van der Waals surface area contributed by atoms with Crippen molar-refractivity contribution in [2.75, 3.05) is 0 Å². The van der Waals surface area contributed by atoms with Crippen LogP contribution >= 0.6 is 0 Å². The molecule has 5 nitrogen and oxygen atoms in total. The van der Waals surface area contributed by atoms with Gasteiger partial charge in [0.25, 0.3) is 5.91 Å². The lowest BCUT2D eigenvalue weighted by Gasteiger charge is -2.25. The second-order valence-electron chi connectivity index (χ2n) is 5.13. The van der Waals surface area contributed by atoms with Crippen molar-refractivity contribution in [2.45, 2.75) is 45.6 Å². The van der Waals surface area contributed by atoms with Crippen molar-refractivity contribution < 1.29 is 14.7 Å². The van der Waals surface area contributed by atoms with Crippen LogP contribution in [0.25, 0.3) is 0 Å². The number of hydrogen-bond acceptors (Lipinski definition) is 3. The lowest BCUT2D eigenvalue weighted by Crippen LogP contribution is -2.44.